The molecule has 0 spiro atoms. The van der Waals surface area contributed by atoms with Crippen LogP contribution in [0.25, 0.3) is 11.3 Å². The average Bonchev–Trinajstić information content (AvgIpc) is 3.11. The van der Waals surface area contributed by atoms with Crippen molar-refractivity contribution < 1.29 is 9.47 Å². The highest BCUT2D eigenvalue weighted by Crippen LogP contribution is 2.30. The van der Waals surface area contributed by atoms with E-state index >= 15 is 0 Å². The Labute approximate surface area is 146 Å². The van der Waals surface area contributed by atoms with Crippen molar-refractivity contribution in [3.63, 3.8) is 0 Å². The van der Waals surface area contributed by atoms with Crippen LogP contribution in [0.4, 0.5) is 0 Å². The molecule has 2 aromatic carbocycles. The van der Waals surface area contributed by atoms with Gasteiger partial charge < -0.3 is 14.8 Å². The first-order chi connectivity index (χ1) is 11.8. The van der Waals surface area contributed by atoms with E-state index in [9.17, 15) is 0 Å². The Balaban J connectivity index is 1.63. The molecule has 4 nitrogen and oxygen atoms in total. The van der Waals surface area contributed by atoms with Gasteiger partial charge in [-0.15, -0.1) is 11.3 Å². The van der Waals surface area contributed by atoms with E-state index in [1.807, 2.05) is 36.4 Å². The third kappa shape index (κ3) is 3.75. The van der Waals surface area contributed by atoms with Crippen LogP contribution in [-0.4, -0.2) is 19.2 Å². The van der Waals surface area contributed by atoms with Gasteiger partial charge in [0.05, 0.1) is 19.9 Å². The molecule has 1 aromatic heterocycles. The highest BCUT2D eigenvalue weighted by molar-refractivity contribution is 7.09. The Hall–Kier alpha value is -2.37. The molecule has 0 saturated carbocycles. The van der Waals surface area contributed by atoms with E-state index in [2.05, 4.69) is 27.8 Å². The second kappa shape index (κ2) is 7.95. The monoisotopic (exact) mass is 340 g/mol. The van der Waals surface area contributed by atoms with E-state index < -0.39 is 0 Å². The van der Waals surface area contributed by atoms with E-state index in [1.54, 1.807) is 25.6 Å². The number of methoxy groups -OCH3 is 2. The van der Waals surface area contributed by atoms with Crippen molar-refractivity contribution in [3.8, 4) is 22.8 Å². The minimum atomic E-state index is 0.695. The zero-order chi connectivity index (χ0) is 16.8. The van der Waals surface area contributed by atoms with Gasteiger partial charge in [0.25, 0.3) is 0 Å². The molecular formula is C19H20N2O2S. The van der Waals surface area contributed by atoms with Gasteiger partial charge >= 0.3 is 0 Å². The first-order valence-corrected chi connectivity index (χ1v) is 8.60. The summed E-state index contributed by atoms with van der Waals surface area (Å²) in [5, 5.41) is 6.58. The second-order valence-corrected chi connectivity index (χ2v) is 6.19. The van der Waals surface area contributed by atoms with Crippen molar-refractivity contribution in [3.05, 3.63) is 64.5 Å². The molecule has 24 heavy (non-hydrogen) atoms. The first kappa shape index (κ1) is 16.5. The predicted octanol–water partition coefficient (Wildman–Crippen LogP) is 4.12. The van der Waals surface area contributed by atoms with E-state index in [1.165, 1.54) is 0 Å². The molecule has 3 rings (SSSR count). The molecule has 0 atom stereocenters. The third-order valence-corrected chi connectivity index (χ3v) is 4.55. The second-order valence-electron chi connectivity index (χ2n) is 5.25. The number of para-hydroxylation sites is 1. The summed E-state index contributed by atoms with van der Waals surface area (Å²) in [6.07, 6.45) is 0. The molecule has 0 radical (unpaired) electrons. The smallest absolute Gasteiger partial charge is 0.165 e. The van der Waals surface area contributed by atoms with Crippen LogP contribution in [0.3, 0.4) is 0 Å². The SMILES string of the molecule is COc1cccc(CNCc2nc(-c3ccccc3)cs2)c1OC. The van der Waals surface area contributed by atoms with Crippen LogP contribution in [0, 0.1) is 0 Å². The topological polar surface area (TPSA) is 43.4 Å². The van der Waals surface area contributed by atoms with Crippen LogP contribution in [0.2, 0.25) is 0 Å². The van der Waals surface area contributed by atoms with Crippen LogP contribution >= 0.6 is 11.3 Å². The Morgan fingerprint density at radius 1 is 0.958 bits per heavy atom. The lowest BCUT2D eigenvalue weighted by molar-refractivity contribution is 0.350. The number of ether oxygens (including phenoxy) is 2. The largest absolute Gasteiger partial charge is 0.493 e. The van der Waals surface area contributed by atoms with E-state index in [0.717, 1.165) is 39.9 Å². The number of rotatable bonds is 7. The Kier molecular flexibility index (Phi) is 5.46. The minimum absolute atomic E-state index is 0.695. The quantitative estimate of drug-likeness (QED) is 0.703. The van der Waals surface area contributed by atoms with E-state index in [-0.39, 0.29) is 0 Å². The summed E-state index contributed by atoms with van der Waals surface area (Å²) in [5.41, 5.74) is 3.24. The lowest BCUT2D eigenvalue weighted by atomic mass is 10.2. The van der Waals surface area contributed by atoms with Crippen molar-refractivity contribution in [1.29, 1.82) is 0 Å². The van der Waals surface area contributed by atoms with Crippen LogP contribution in [-0.2, 0) is 13.1 Å². The fourth-order valence-corrected chi connectivity index (χ4v) is 3.30. The van der Waals surface area contributed by atoms with E-state index in [4.69, 9.17) is 9.47 Å². The maximum Gasteiger partial charge on any atom is 0.165 e. The fraction of sp³-hybridized carbons (Fsp3) is 0.211. The van der Waals surface area contributed by atoms with Gasteiger partial charge in [0.15, 0.2) is 11.5 Å². The minimum Gasteiger partial charge on any atom is -0.493 e. The van der Waals surface area contributed by atoms with Gasteiger partial charge in [-0.05, 0) is 6.07 Å². The molecule has 0 amide bonds. The zero-order valence-corrected chi connectivity index (χ0v) is 14.6. The third-order valence-electron chi connectivity index (χ3n) is 3.70. The van der Waals surface area contributed by atoms with Crippen molar-refractivity contribution in [2.75, 3.05) is 14.2 Å². The Morgan fingerprint density at radius 3 is 2.54 bits per heavy atom. The van der Waals surface area contributed by atoms with Gasteiger partial charge in [0, 0.05) is 29.6 Å². The number of hydrogen-bond acceptors (Lipinski definition) is 5. The molecule has 0 fully saturated rings. The van der Waals surface area contributed by atoms with Crippen molar-refractivity contribution in [2.45, 2.75) is 13.1 Å². The van der Waals surface area contributed by atoms with E-state index in [0.29, 0.717) is 6.54 Å². The molecule has 0 aliphatic carbocycles. The maximum atomic E-state index is 5.45. The van der Waals surface area contributed by atoms with Gasteiger partial charge in [-0.1, -0.05) is 42.5 Å². The molecule has 0 saturated heterocycles. The van der Waals surface area contributed by atoms with Crippen molar-refractivity contribution in [2.24, 2.45) is 0 Å². The van der Waals surface area contributed by atoms with Crippen LogP contribution in [0.5, 0.6) is 11.5 Å². The van der Waals surface area contributed by atoms with Crippen molar-refractivity contribution >= 4 is 11.3 Å². The molecule has 3 aromatic rings. The molecular weight excluding hydrogens is 320 g/mol. The van der Waals surface area contributed by atoms with Crippen molar-refractivity contribution in [1.82, 2.24) is 10.3 Å². The summed E-state index contributed by atoms with van der Waals surface area (Å²) in [5.74, 6) is 1.52. The summed E-state index contributed by atoms with van der Waals surface area (Å²) in [6.45, 7) is 1.42. The molecule has 5 heteroatoms. The average molecular weight is 340 g/mol. The Bertz CT molecular complexity index is 787. The molecule has 1 N–H and O–H groups in total. The normalized spacial score (nSPS) is 10.6. The molecule has 0 aliphatic heterocycles. The summed E-state index contributed by atoms with van der Waals surface area (Å²) in [4.78, 5) is 4.69. The molecule has 0 unspecified atom stereocenters. The fourth-order valence-electron chi connectivity index (χ4n) is 2.53. The lowest BCUT2D eigenvalue weighted by Gasteiger charge is -2.12. The van der Waals surface area contributed by atoms with Gasteiger partial charge in [-0.25, -0.2) is 4.98 Å². The van der Waals surface area contributed by atoms with Crippen LogP contribution in [0.15, 0.2) is 53.9 Å². The molecule has 0 aliphatic rings. The van der Waals surface area contributed by atoms with Crippen LogP contribution in [0.1, 0.15) is 10.6 Å². The number of nitrogens with zero attached hydrogens (tertiary/aromatic N) is 1. The standard InChI is InChI=1S/C19H20N2O2S/c1-22-17-10-6-9-15(19(17)23-2)11-20-12-18-21-16(13-24-18)14-7-4-3-5-8-14/h3-10,13,20H,11-12H2,1-2H3. The summed E-state index contributed by atoms with van der Waals surface area (Å²) < 4.78 is 10.8. The molecule has 1 heterocycles. The van der Waals surface area contributed by atoms with Gasteiger partial charge in [0.1, 0.15) is 5.01 Å². The van der Waals surface area contributed by atoms with Gasteiger partial charge in [-0.2, -0.15) is 0 Å². The number of aromatic nitrogens is 1. The number of benzene rings is 2. The predicted molar refractivity (Wildman–Crippen MR) is 97.6 cm³/mol. The van der Waals surface area contributed by atoms with Gasteiger partial charge in [0.2, 0.25) is 0 Å². The molecule has 0 bridgehead atoms. The molecule has 124 valence electrons. The number of thiazole rings is 1. The van der Waals surface area contributed by atoms with Gasteiger partial charge in [-0.3, -0.25) is 0 Å². The first-order valence-electron chi connectivity index (χ1n) is 7.72. The summed E-state index contributed by atoms with van der Waals surface area (Å²) in [7, 11) is 3.31. The zero-order valence-electron chi connectivity index (χ0n) is 13.8. The maximum absolute atomic E-state index is 5.45. The number of hydrogen-bond donors (Lipinski definition) is 1. The number of nitrogens with one attached hydrogen (secondary N) is 1. The summed E-state index contributed by atoms with van der Waals surface area (Å²) >= 11 is 1.67. The van der Waals surface area contributed by atoms with Crippen LogP contribution < -0.4 is 14.8 Å². The highest BCUT2D eigenvalue weighted by atomic mass is 32.1. The highest BCUT2D eigenvalue weighted by Gasteiger charge is 2.09. The lowest BCUT2D eigenvalue weighted by Crippen LogP contribution is -2.13. The summed E-state index contributed by atoms with van der Waals surface area (Å²) in [6, 6.07) is 16.1. The Morgan fingerprint density at radius 2 is 1.79 bits per heavy atom.